The highest BCUT2D eigenvalue weighted by molar-refractivity contribution is 5.99. The summed E-state index contributed by atoms with van der Waals surface area (Å²) in [7, 11) is 0. The second-order valence-electron chi connectivity index (χ2n) is 13.5. The molecular weight excluding hydrogens is 532 g/mol. The highest BCUT2D eigenvalue weighted by Gasteiger charge is 2.60. The van der Waals surface area contributed by atoms with Gasteiger partial charge in [0.25, 0.3) is 0 Å². The van der Waals surface area contributed by atoms with E-state index in [0.29, 0.717) is 23.2 Å². The number of hydrazine groups is 2. The summed E-state index contributed by atoms with van der Waals surface area (Å²) in [6, 6.07) is 16.5. The molecule has 0 amide bonds. The lowest BCUT2D eigenvalue weighted by Crippen LogP contribution is -2.69. The van der Waals surface area contributed by atoms with E-state index >= 15 is 0 Å². The van der Waals surface area contributed by atoms with Crippen molar-refractivity contribution in [3.8, 4) is 18.4 Å². The molecule has 3 saturated carbocycles. The summed E-state index contributed by atoms with van der Waals surface area (Å²) in [5, 5.41) is 21.7. The fraction of sp³-hybridized carbons (Fsp3) is 0.343. The summed E-state index contributed by atoms with van der Waals surface area (Å²) in [5.74, 6) is 3.65. The maximum atomic E-state index is 10.2. The number of aryl methyl sites for hydroxylation is 1. The number of aromatic nitrogens is 2. The van der Waals surface area contributed by atoms with E-state index in [1.807, 2.05) is 13.0 Å². The molecule has 8 rings (SSSR count). The van der Waals surface area contributed by atoms with Crippen LogP contribution in [0, 0.1) is 41.9 Å². The summed E-state index contributed by atoms with van der Waals surface area (Å²) >= 11 is 0. The highest BCUT2D eigenvalue weighted by Crippen LogP contribution is 2.60. The molecule has 0 spiro atoms. The lowest BCUT2D eigenvalue weighted by molar-refractivity contribution is -0.141. The third kappa shape index (κ3) is 4.69. The Bertz CT molecular complexity index is 1870. The number of anilines is 2. The van der Waals surface area contributed by atoms with Gasteiger partial charge in [-0.3, -0.25) is 15.0 Å². The first-order valence-electron chi connectivity index (χ1n) is 14.9. The summed E-state index contributed by atoms with van der Waals surface area (Å²) in [5.41, 5.74) is 14.5. The van der Waals surface area contributed by atoms with Gasteiger partial charge < -0.3 is 16.1 Å². The van der Waals surface area contributed by atoms with Crippen LogP contribution in [0.15, 0.2) is 60.6 Å². The van der Waals surface area contributed by atoms with E-state index in [9.17, 15) is 5.26 Å². The highest BCUT2D eigenvalue weighted by atomic mass is 15.7. The normalized spacial score (nSPS) is 21.2. The number of rotatable bonds is 7. The van der Waals surface area contributed by atoms with Crippen molar-refractivity contribution in [3.05, 3.63) is 82.9 Å². The molecule has 4 aromatic rings. The maximum Gasteiger partial charge on any atom is 0.102 e. The van der Waals surface area contributed by atoms with E-state index in [1.54, 1.807) is 6.20 Å². The quantitative estimate of drug-likeness (QED) is 0.194. The van der Waals surface area contributed by atoms with Gasteiger partial charge in [-0.05, 0) is 67.3 Å². The average molecular weight is 569 g/mol. The van der Waals surface area contributed by atoms with Gasteiger partial charge in [-0.15, -0.1) is 12.0 Å². The minimum atomic E-state index is -0.253. The molecule has 216 valence electrons. The number of hydrogen-bond donors (Lipinski definition) is 4. The van der Waals surface area contributed by atoms with Crippen molar-refractivity contribution in [2.24, 2.45) is 11.3 Å². The lowest BCUT2D eigenvalue weighted by atomic mass is 9.49. The molecule has 4 aliphatic rings. The van der Waals surface area contributed by atoms with Crippen LogP contribution in [0.5, 0.6) is 0 Å². The molecular formula is C35H36N8. The van der Waals surface area contributed by atoms with Crippen molar-refractivity contribution in [3.63, 3.8) is 0 Å². The number of nitriles is 1. The van der Waals surface area contributed by atoms with Crippen LogP contribution in [0.1, 0.15) is 68.5 Å². The van der Waals surface area contributed by atoms with Gasteiger partial charge in [-0.2, -0.15) is 5.26 Å². The molecule has 2 bridgehead atoms. The third-order valence-electron chi connectivity index (χ3n) is 8.99. The zero-order chi connectivity index (χ0) is 29.9. The number of nitrogens with zero attached hydrogens (tertiary/aromatic N) is 4. The van der Waals surface area contributed by atoms with E-state index in [0.717, 1.165) is 50.5 Å². The van der Waals surface area contributed by atoms with Crippen molar-refractivity contribution in [1.29, 1.82) is 5.26 Å². The zero-order valence-electron chi connectivity index (χ0n) is 25.0. The van der Waals surface area contributed by atoms with Gasteiger partial charge in [-0.1, -0.05) is 44.9 Å². The second kappa shape index (κ2) is 9.90. The number of pyridine rings is 2. The standard InChI is InChI=1S/C35H36N8/c1-6-23-18-37-32-24(17-36)12-25(13-28(32)31(23)38-20-34(3,4)5)40-33(27-8-7-9-29-26(27)11-10-21(2)39-29)30-19-43(42-41-30)35-14-22(15-35)16-35/h1,7-13,18-19,22,33,40-42H,14-16,20H2,2-5H3,(H,37,38)/t22?,33-,35?/m0/s1. The molecule has 3 heterocycles. The molecule has 0 unspecified atom stereocenters. The number of terminal acetylenes is 1. The predicted molar refractivity (Wildman–Crippen MR) is 171 cm³/mol. The molecule has 8 heteroatoms. The first-order valence-corrected chi connectivity index (χ1v) is 14.9. The average Bonchev–Trinajstić information content (AvgIpc) is 3.40. The fourth-order valence-corrected chi connectivity index (χ4v) is 6.61. The molecule has 3 aliphatic carbocycles. The smallest absolute Gasteiger partial charge is 0.102 e. The van der Waals surface area contributed by atoms with Crippen LogP contribution in [0.3, 0.4) is 0 Å². The number of fused-ring (bicyclic) bond motifs is 2. The lowest BCUT2D eigenvalue weighted by Gasteiger charge is -2.64. The summed E-state index contributed by atoms with van der Waals surface area (Å²) in [4.78, 5) is 9.41. The van der Waals surface area contributed by atoms with Crippen molar-refractivity contribution in [1.82, 2.24) is 25.9 Å². The first-order chi connectivity index (χ1) is 20.7. The molecule has 4 N–H and O–H groups in total. The molecule has 3 fully saturated rings. The van der Waals surface area contributed by atoms with E-state index < -0.39 is 0 Å². The van der Waals surface area contributed by atoms with Crippen molar-refractivity contribution < 1.29 is 0 Å². The largest absolute Gasteiger partial charge is 0.383 e. The number of nitrogens with one attached hydrogen (secondary N) is 4. The molecule has 43 heavy (non-hydrogen) atoms. The van der Waals surface area contributed by atoms with E-state index in [2.05, 4.69) is 107 Å². The van der Waals surface area contributed by atoms with E-state index in [-0.39, 0.29) is 17.0 Å². The Morgan fingerprint density at radius 1 is 1.14 bits per heavy atom. The topological polar surface area (TPSA) is 101 Å². The van der Waals surface area contributed by atoms with Crippen molar-refractivity contribution >= 4 is 33.2 Å². The molecule has 0 saturated heterocycles. The molecule has 2 aromatic heterocycles. The monoisotopic (exact) mass is 568 g/mol. The van der Waals surface area contributed by atoms with E-state index in [1.165, 1.54) is 19.3 Å². The van der Waals surface area contributed by atoms with Crippen LogP contribution in [-0.4, -0.2) is 27.1 Å². The molecule has 2 aromatic carbocycles. The van der Waals surface area contributed by atoms with Crippen molar-refractivity contribution in [2.45, 2.75) is 58.5 Å². The molecule has 1 atom stereocenters. The molecule has 1 aliphatic heterocycles. The molecule has 0 radical (unpaired) electrons. The van der Waals surface area contributed by atoms with Gasteiger partial charge in [0.05, 0.1) is 45.1 Å². The van der Waals surface area contributed by atoms with Crippen LogP contribution in [0.2, 0.25) is 0 Å². The fourth-order valence-electron chi connectivity index (χ4n) is 6.61. The van der Waals surface area contributed by atoms with Crippen LogP contribution < -0.4 is 21.6 Å². The minimum Gasteiger partial charge on any atom is -0.383 e. The van der Waals surface area contributed by atoms with Crippen LogP contribution >= 0.6 is 0 Å². The Labute approximate surface area is 252 Å². The third-order valence-corrected chi connectivity index (χ3v) is 8.99. The van der Waals surface area contributed by atoms with E-state index in [4.69, 9.17) is 11.4 Å². The van der Waals surface area contributed by atoms with Gasteiger partial charge in [-0.25, -0.2) is 0 Å². The van der Waals surface area contributed by atoms with Gasteiger partial charge in [0, 0.05) is 41.1 Å². The Morgan fingerprint density at radius 2 is 1.95 bits per heavy atom. The van der Waals surface area contributed by atoms with Gasteiger partial charge >= 0.3 is 0 Å². The van der Waals surface area contributed by atoms with Crippen LogP contribution in [0.4, 0.5) is 11.4 Å². The number of benzene rings is 2. The van der Waals surface area contributed by atoms with Crippen LogP contribution in [0.25, 0.3) is 21.8 Å². The van der Waals surface area contributed by atoms with Gasteiger partial charge in [0.2, 0.25) is 0 Å². The summed E-state index contributed by atoms with van der Waals surface area (Å²) in [6.07, 6.45) is 13.5. The Morgan fingerprint density at radius 3 is 2.65 bits per heavy atom. The Balaban J connectivity index is 1.35. The van der Waals surface area contributed by atoms with Crippen LogP contribution in [-0.2, 0) is 0 Å². The minimum absolute atomic E-state index is 0.0289. The second-order valence-corrected chi connectivity index (χ2v) is 13.5. The first kappa shape index (κ1) is 27.1. The summed E-state index contributed by atoms with van der Waals surface area (Å²) < 4.78 is 0. The zero-order valence-corrected chi connectivity index (χ0v) is 25.0. The SMILES string of the molecule is C#Cc1cnc2c(C#N)cc(N[C@H](C3=CN(C45CC(C4)C5)NN3)c3cccc4nc(C)ccc34)cc2c1NCC(C)(C)C. The van der Waals surface area contributed by atoms with Gasteiger partial charge in [0.1, 0.15) is 6.07 Å². The Hall–Kier alpha value is -4.79. The Kier molecular flexibility index (Phi) is 6.23. The number of hydrogen-bond acceptors (Lipinski definition) is 8. The summed E-state index contributed by atoms with van der Waals surface area (Å²) in [6.45, 7) is 9.24. The van der Waals surface area contributed by atoms with Gasteiger partial charge in [0.15, 0.2) is 0 Å². The predicted octanol–water partition coefficient (Wildman–Crippen LogP) is 6.27. The maximum absolute atomic E-state index is 10.2. The molecule has 8 nitrogen and oxygen atoms in total. The van der Waals surface area contributed by atoms with Crippen molar-refractivity contribution in [2.75, 3.05) is 17.2 Å².